The van der Waals surface area contributed by atoms with Crippen LogP contribution >= 0.6 is 24.0 Å². The molecule has 138 valence electrons. The van der Waals surface area contributed by atoms with Crippen LogP contribution in [0.3, 0.4) is 0 Å². The van der Waals surface area contributed by atoms with Crippen LogP contribution < -0.4 is 10.6 Å². The van der Waals surface area contributed by atoms with E-state index in [0.717, 1.165) is 36.2 Å². The normalized spacial score (nSPS) is 20.6. The molecule has 0 saturated carbocycles. The van der Waals surface area contributed by atoms with E-state index in [4.69, 9.17) is 9.15 Å². The van der Waals surface area contributed by atoms with E-state index in [0.29, 0.717) is 24.6 Å². The fraction of sp³-hybridized carbons (Fsp3) is 0.500. The van der Waals surface area contributed by atoms with Crippen LogP contribution in [0.5, 0.6) is 0 Å². The van der Waals surface area contributed by atoms with Crippen LogP contribution in [-0.2, 0) is 11.3 Å². The first kappa shape index (κ1) is 20.0. The number of fused-ring (bicyclic) bond motifs is 1. The van der Waals surface area contributed by atoms with Gasteiger partial charge in [0.2, 0.25) is 0 Å². The van der Waals surface area contributed by atoms with Gasteiger partial charge in [-0.2, -0.15) is 0 Å². The minimum absolute atomic E-state index is 0. The van der Waals surface area contributed by atoms with E-state index >= 15 is 0 Å². The molecule has 25 heavy (non-hydrogen) atoms. The maximum absolute atomic E-state index is 13.4. The van der Waals surface area contributed by atoms with Crippen molar-refractivity contribution in [3.05, 3.63) is 35.3 Å². The zero-order valence-electron chi connectivity index (χ0n) is 14.8. The van der Waals surface area contributed by atoms with Gasteiger partial charge in [0.25, 0.3) is 0 Å². The monoisotopic (exact) mass is 461 g/mol. The van der Waals surface area contributed by atoms with Gasteiger partial charge in [0, 0.05) is 31.1 Å². The summed E-state index contributed by atoms with van der Waals surface area (Å²) in [5.74, 6) is 1.22. The molecule has 2 aromatic rings. The van der Waals surface area contributed by atoms with Crippen LogP contribution in [0, 0.1) is 12.7 Å². The molecule has 1 saturated heterocycles. The Morgan fingerprint density at radius 3 is 2.84 bits per heavy atom. The number of nitrogens with one attached hydrogen (secondary N) is 2. The molecule has 0 amide bonds. The van der Waals surface area contributed by atoms with Gasteiger partial charge in [0.1, 0.15) is 17.2 Å². The predicted molar refractivity (Wildman–Crippen MR) is 108 cm³/mol. The summed E-state index contributed by atoms with van der Waals surface area (Å²) in [5, 5.41) is 7.34. The third kappa shape index (κ3) is 4.63. The Hall–Kier alpha value is -1.35. The molecule has 1 aromatic heterocycles. The standard InChI is InChI=1S/C18H24FN3O2.HI/c1-12-14-9-13(19)5-6-15(14)24-16(12)10-21-17(20-3)22-11-18(2)7-4-8-23-18;/h5-6,9H,4,7-8,10-11H2,1-3H3,(H2,20,21,22);1H. The first-order valence-corrected chi connectivity index (χ1v) is 8.27. The molecule has 0 radical (unpaired) electrons. The molecule has 5 nitrogen and oxygen atoms in total. The van der Waals surface area contributed by atoms with Gasteiger partial charge in [0.15, 0.2) is 5.96 Å². The number of aliphatic imine (C=N–C) groups is 1. The summed E-state index contributed by atoms with van der Waals surface area (Å²) in [6.07, 6.45) is 2.14. The average molecular weight is 461 g/mol. The van der Waals surface area contributed by atoms with Crippen LogP contribution in [0.1, 0.15) is 31.1 Å². The summed E-state index contributed by atoms with van der Waals surface area (Å²) in [4.78, 5) is 4.23. The van der Waals surface area contributed by atoms with Crippen molar-refractivity contribution < 1.29 is 13.5 Å². The lowest BCUT2D eigenvalue weighted by atomic mass is 10.0. The van der Waals surface area contributed by atoms with E-state index in [9.17, 15) is 4.39 Å². The van der Waals surface area contributed by atoms with Gasteiger partial charge in [-0.1, -0.05) is 0 Å². The first-order chi connectivity index (χ1) is 11.5. The van der Waals surface area contributed by atoms with E-state index < -0.39 is 0 Å². The molecule has 2 heterocycles. The van der Waals surface area contributed by atoms with Gasteiger partial charge < -0.3 is 19.8 Å². The first-order valence-electron chi connectivity index (χ1n) is 8.27. The zero-order valence-corrected chi connectivity index (χ0v) is 17.1. The second-order valence-corrected chi connectivity index (χ2v) is 6.47. The molecule has 0 aliphatic carbocycles. The number of ether oxygens (including phenoxy) is 1. The number of aryl methyl sites for hydroxylation is 1. The molecular weight excluding hydrogens is 436 g/mol. The van der Waals surface area contributed by atoms with Gasteiger partial charge in [-0.25, -0.2) is 4.39 Å². The van der Waals surface area contributed by atoms with Crippen molar-refractivity contribution in [2.24, 2.45) is 4.99 Å². The number of benzene rings is 1. The largest absolute Gasteiger partial charge is 0.459 e. The Balaban J connectivity index is 0.00000225. The quantitative estimate of drug-likeness (QED) is 0.414. The number of halogens is 2. The highest BCUT2D eigenvalue weighted by molar-refractivity contribution is 14.0. The Morgan fingerprint density at radius 2 is 2.16 bits per heavy atom. The SMILES string of the molecule is CN=C(NCc1oc2ccc(F)cc2c1C)NCC1(C)CCCO1.I. The Morgan fingerprint density at radius 1 is 1.36 bits per heavy atom. The molecule has 1 aliphatic rings. The van der Waals surface area contributed by atoms with E-state index in [-0.39, 0.29) is 35.4 Å². The van der Waals surface area contributed by atoms with Crippen LogP contribution in [0.4, 0.5) is 4.39 Å². The topological polar surface area (TPSA) is 58.8 Å². The van der Waals surface area contributed by atoms with Gasteiger partial charge in [-0.3, -0.25) is 4.99 Å². The van der Waals surface area contributed by atoms with Crippen LogP contribution in [0.2, 0.25) is 0 Å². The van der Waals surface area contributed by atoms with Gasteiger partial charge in [-0.15, -0.1) is 24.0 Å². The summed E-state index contributed by atoms with van der Waals surface area (Å²) < 4.78 is 25.0. The molecule has 1 fully saturated rings. The summed E-state index contributed by atoms with van der Waals surface area (Å²) in [7, 11) is 1.73. The second kappa shape index (κ2) is 8.35. The van der Waals surface area contributed by atoms with Gasteiger partial charge >= 0.3 is 0 Å². The summed E-state index contributed by atoms with van der Waals surface area (Å²) in [6.45, 7) is 6.05. The maximum atomic E-state index is 13.4. The van der Waals surface area contributed by atoms with Crippen molar-refractivity contribution in [2.75, 3.05) is 20.2 Å². The summed E-state index contributed by atoms with van der Waals surface area (Å²) in [6, 6.07) is 4.57. The van der Waals surface area contributed by atoms with Crippen molar-refractivity contribution in [3.63, 3.8) is 0 Å². The minimum atomic E-state index is -0.256. The number of rotatable bonds is 4. The lowest BCUT2D eigenvalue weighted by Gasteiger charge is -2.24. The molecule has 0 bridgehead atoms. The fourth-order valence-electron chi connectivity index (χ4n) is 3.04. The third-order valence-electron chi connectivity index (χ3n) is 4.57. The van der Waals surface area contributed by atoms with Crippen molar-refractivity contribution >= 4 is 40.9 Å². The molecule has 1 aromatic carbocycles. The molecular formula is C18H25FIN3O2. The second-order valence-electron chi connectivity index (χ2n) is 6.47. The Kier molecular flexibility index (Phi) is 6.67. The molecule has 7 heteroatoms. The van der Waals surface area contributed by atoms with Gasteiger partial charge in [-0.05, 0) is 44.9 Å². The molecule has 3 rings (SSSR count). The summed E-state index contributed by atoms with van der Waals surface area (Å²) in [5.41, 5.74) is 1.50. The van der Waals surface area contributed by atoms with Crippen molar-refractivity contribution in [3.8, 4) is 0 Å². The third-order valence-corrected chi connectivity index (χ3v) is 4.57. The fourth-order valence-corrected chi connectivity index (χ4v) is 3.04. The van der Waals surface area contributed by atoms with Gasteiger partial charge in [0.05, 0.1) is 12.1 Å². The molecule has 1 unspecified atom stereocenters. The smallest absolute Gasteiger partial charge is 0.191 e. The number of hydrogen-bond donors (Lipinski definition) is 2. The minimum Gasteiger partial charge on any atom is -0.459 e. The van der Waals surface area contributed by atoms with Crippen molar-refractivity contribution in [1.82, 2.24) is 10.6 Å². The Bertz CT molecular complexity index is 754. The number of hydrogen-bond acceptors (Lipinski definition) is 3. The number of nitrogens with zero attached hydrogens (tertiary/aromatic N) is 1. The van der Waals surface area contributed by atoms with E-state index in [1.807, 2.05) is 6.92 Å². The van der Waals surface area contributed by atoms with Crippen molar-refractivity contribution in [1.29, 1.82) is 0 Å². The Labute approximate surface area is 164 Å². The lowest BCUT2D eigenvalue weighted by molar-refractivity contribution is 0.0243. The number of furan rings is 1. The average Bonchev–Trinajstić information content (AvgIpc) is 3.13. The van der Waals surface area contributed by atoms with Crippen LogP contribution in [0.15, 0.2) is 27.6 Å². The molecule has 1 aliphatic heterocycles. The highest BCUT2D eigenvalue weighted by atomic mass is 127. The van der Waals surface area contributed by atoms with Crippen LogP contribution in [0.25, 0.3) is 11.0 Å². The van der Waals surface area contributed by atoms with E-state index in [2.05, 4.69) is 22.5 Å². The molecule has 2 N–H and O–H groups in total. The summed E-state index contributed by atoms with van der Waals surface area (Å²) >= 11 is 0. The zero-order chi connectivity index (χ0) is 17.2. The van der Waals surface area contributed by atoms with E-state index in [1.165, 1.54) is 12.1 Å². The maximum Gasteiger partial charge on any atom is 0.191 e. The number of guanidine groups is 1. The predicted octanol–water partition coefficient (Wildman–Crippen LogP) is 3.73. The van der Waals surface area contributed by atoms with Crippen molar-refractivity contribution in [2.45, 2.75) is 38.8 Å². The highest BCUT2D eigenvalue weighted by Crippen LogP contribution is 2.26. The van der Waals surface area contributed by atoms with Crippen LogP contribution in [-0.4, -0.2) is 31.8 Å². The molecule has 0 spiro atoms. The molecule has 1 atom stereocenters. The highest BCUT2D eigenvalue weighted by Gasteiger charge is 2.29. The lowest BCUT2D eigenvalue weighted by Crippen LogP contribution is -2.45. The van der Waals surface area contributed by atoms with E-state index in [1.54, 1.807) is 13.1 Å².